The number of benzene rings is 1. The first-order valence-corrected chi connectivity index (χ1v) is 7.27. The van der Waals surface area contributed by atoms with E-state index in [1.165, 1.54) is 0 Å². The molecule has 5 nitrogen and oxygen atoms in total. The molecule has 1 aromatic heterocycles. The molecule has 2 heterocycles. The molecule has 0 bridgehead atoms. The van der Waals surface area contributed by atoms with Crippen LogP contribution in [0.4, 0.5) is 0 Å². The van der Waals surface area contributed by atoms with Crippen molar-refractivity contribution in [2.75, 3.05) is 26.3 Å². The molecule has 1 aliphatic rings. The average Bonchev–Trinajstić information content (AvgIpc) is 2.96. The molecule has 0 amide bonds. The largest absolute Gasteiger partial charge is 0.444 e. The van der Waals surface area contributed by atoms with E-state index in [9.17, 15) is 0 Å². The Kier molecular flexibility index (Phi) is 4.55. The van der Waals surface area contributed by atoms with Gasteiger partial charge in [0.25, 0.3) is 0 Å². The van der Waals surface area contributed by atoms with Crippen molar-refractivity contribution < 1.29 is 14.3 Å². The Bertz CT molecular complexity index is 602. The number of hydrogen-bond donors (Lipinski definition) is 1. The number of hydrogen-bond acceptors (Lipinski definition) is 5. The van der Waals surface area contributed by atoms with Gasteiger partial charge in [-0.2, -0.15) is 0 Å². The van der Waals surface area contributed by atoms with Crippen LogP contribution in [0.5, 0.6) is 0 Å². The summed E-state index contributed by atoms with van der Waals surface area (Å²) >= 11 is 5.97. The molecule has 2 aromatic rings. The Balaban J connectivity index is 1.68. The van der Waals surface area contributed by atoms with E-state index in [0.29, 0.717) is 30.6 Å². The zero-order chi connectivity index (χ0) is 14.7. The molecular formula is C15H17ClN2O3. The van der Waals surface area contributed by atoms with Gasteiger partial charge in [-0.1, -0.05) is 17.7 Å². The number of aliphatic hydroxyl groups excluding tert-OH is 1. The summed E-state index contributed by atoms with van der Waals surface area (Å²) in [4.78, 5) is 6.69. The lowest BCUT2D eigenvalue weighted by Gasteiger charge is -2.31. The van der Waals surface area contributed by atoms with Crippen LogP contribution in [0.3, 0.4) is 0 Å². The van der Waals surface area contributed by atoms with Gasteiger partial charge in [0, 0.05) is 30.2 Å². The summed E-state index contributed by atoms with van der Waals surface area (Å²) in [5.41, 5.74) is 1.73. The molecule has 0 radical (unpaired) electrons. The Morgan fingerprint density at radius 3 is 3.14 bits per heavy atom. The zero-order valence-corrected chi connectivity index (χ0v) is 12.3. The highest BCUT2D eigenvalue weighted by atomic mass is 35.5. The van der Waals surface area contributed by atoms with Crippen LogP contribution in [-0.2, 0) is 11.3 Å². The monoisotopic (exact) mass is 308 g/mol. The number of aromatic nitrogens is 1. The smallest absolute Gasteiger partial charge is 0.226 e. The number of ether oxygens (including phenoxy) is 1. The molecule has 1 atom stereocenters. The van der Waals surface area contributed by atoms with Crippen LogP contribution in [0.1, 0.15) is 5.69 Å². The maximum Gasteiger partial charge on any atom is 0.226 e. The lowest BCUT2D eigenvalue weighted by Crippen LogP contribution is -2.43. The van der Waals surface area contributed by atoms with Crippen LogP contribution in [0.15, 0.2) is 34.9 Å². The molecule has 1 unspecified atom stereocenters. The lowest BCUT2D eigenvalue weighted by atomic mass is 10.2. The summed E-state index contributed by atoms with van der Waals surface area (Å²) in [5.74, 6) is 0.569. The van der Waals surface area contributed by atoms with E-state index in [1.807, 2.05) is 24.3 Å². The van der Waals surface area contributed by atoms with Gasteiger partial charge in [-0.3, -0.25) is 4.90 Å². The molecule has 0 spiro atoms. The molecule has 112 valence electrons. The fourth-order valence-corrected chi connectivity index (χ4v) is 2.59. The fraction of sp³-hybridized carbons (Fsp3) is 0.400. The van der Waals surface area contributed by atoms with Gasteiger partial charge < -0.3 is 14.3 Å². The van der Waals surface area contributed by atoms with E-state index in [-0.39, 0.29) is 12.7 Å². The molecule has 6 heteroatoms. The number of morpholine rings is 1. The van der Waals surface area contributed by atoms with Gasteiger partial charge in [0.1, 0.15) is 6.26 Å². The van der Waals surface area contributed by atoms with Gasteiger partial charge in [0.15, 0.2) is 0 Å². The summed E-state index contributed by atoms with van der Waals surface area (Å²) in [6.45, 7) is 2.89. The van der Waals surface area contributed by atoms with E-state index < -0.39 is 0 Å². The SMILES string of the molecule is OCC1CN(Cc2coc(-c3cccc(Cl)c3)n2)CCO1. The molecule has 1 aromatic carbocycles. The molecule has 1 N–H and O–H groups in total. The van der Waals surface area contributed by atoms with Crippen LogP contribution < -0.4 is 0 Å². The molecule has 3 rings (SSSR count). The van der Waals surface area contributed by atoms with Crippen LogP contribution in [0.25, 0.3) is 11.5 Å². The summed E-state index contributed by atoms with van der Waals surface area (Å²) in [6.07, 6.45) is 1.55. The van der Waals surface area contributed by atoms with Gasteiger partial charge in [-0.25, -0.2) is 4.98 Å². The number of rotatable bonds is 4. The highest BCUT2D eigenvalue weighted by Crippen LogP contribution is 2.22. The maximum absolute atomic E-state index is 9.16. The van der Waals surface area contributed by atoms with Gasteiger partial charge in [0.2, 0.25) is 5.89 Å². The first kappa shape index (κ1) is 14.5. The van der Waals surface area contributed by atoms with Gasteiger partial charge in [-0.15, -0.1) is 0 Å². The average molecular weight is 309 g/mol. The fourth-order valence-electron chi connectivity index (χ4n) is 2.40. The number of nitrogens with zero attached hydrogens (tertiary/aromatic N) is 2. The normalized spacial score (nSPS) is 19.8. The minimum atomic E-state index is -0.113. The van der Waals surface area contributed by atoms with Crippen LogP contribution in [0, 0.1) is 0 Å². The molecule has 21 heavy (non-hydrogen) atoms. The van der Waals surface area contributed by atoms with E-state index in [2.05, 4.69) is 9.88 Å². The second-order valence-electron chi connectivity index (χ2n) is 5.06. The molecule has 0 aliphatic carbocycles. The van der Waals surface area contributed by atoms with Gasteiger partial charge >= 0.3 is 0 Å². The molecule has 0 saturated carbocycles. The highest BCUT2D eigenvalue weighted by Gasteiger charge is 2.20. The van der Waals surface area contributed by atoms with E-state index in [0.717, 1.165) is 17.8 Å². The van der Waals surface area contributed by atoms with E-state index >= 15 is 0 Å². The third-order valence-electron chi connectivity index (χ3n) is 3.44. The zero-order valence-electron chi connectivity index (χ0n) is 11.5. The van der Waals surface area contributed by atoms with E-state index in [4.69, 9.17) is 25.9 Å². The van der Waals surface area contributed by atoms with Crippen molar-refractivity contribution in [2.24, 2.45) is 0 Å². The standard InChI is InChI=1S/C15H17ClN2O3/c16-12-3-1-2-11(6-12)15-17-13(10-21-15)7-18-4-5-20-14(8-18)9-19/h1-3,6,10,14,19H,4-5,7-9H2. The lowest BCUT2D eigenvalue weighted by molar-refractivity contribution is -0.0553. The van der Waals surface area contributed by atoms with Crippen molar-refractivity contribution in [1.82, 2.24) is 9.88 Å². The van der Waals surface area contributed by atoms with Crippen molar-refractivity contribution in [3.8, 4) is 11.5 Å². The number of aliphatic hydroxyl groups is 1. The number of halogens is 1. The third kappa shape index (κ3) is 3.63. The van der Waals surface area contributed by atoms with Crippen LogP contribution >= 0.6 is 11.6 Å². The molecular weight excluding hydrogens is 292 g/mol. The molecule has 1 saturated heterocycles. The highest BCUT2D eigenvalue weighted by molar-refractivity contribution is 6.30. The second-order valence-corrected chi connectivity index (χ2v) is 5.50. The van der Waals surface area contributed by atoms with Crippen molar-refractivity contribution in [3.63, 3.8) is 0 Å². The summed E-state index contributed by atoms with van der Waals surface area (Å²) < 4.78 is 11.0. The summed E-state index contributed by atoms with van der Waals surface area (Å²) in [6, 6.07) is 7.43. The van der Waals surface area contributed by atoms with Crippen molar-refractivity contribution in [3.05, 3.63) is 41.2 Å². The minimum Gasteiger partial charge on any atom is -0.444 e. The van der Waals surface area contributed by atoms with Gasteiger partial charge in [-0.05, 0) is 18.2 Å². The Morgan fingerprint density at radius 1 is 1.43 bits per heavy atom. The van der Waals surface area contributed by atoms with Crippen molar-refractivity contribution in [2.45, 2.75) is 12.6 Å². The Morgan fingerprint density at radius 2 is 2.33 bits per heavy atom. The minimum absolute atomic E-state index is 0.0447. The first-order valence-electron chi connectivity index (χ1n) is 6.90. The van der Waals surface area contributed by atoms with E-state index in [1.54, 1.807) is 6.26 Å². The Hall–Kier alpha value is -1.40. The van der Waals surface area contributed by atoms with Crippen LogP contribution in [0.2, 0.25) is 5.02 Å². The van der Waals surface area contributed by atoms with Crippen molar-refractivity contribution in [1.29, 1.82) is 0 Å². The molecule has 1 fully saturated rings. The summed E-state index contributed by atoms with van der Waals surface area (Å²) in [5, 5.41) is 9.81. The third-order valence-corrected chi connectivity index (χ3v) is 3.67. The van der Waals surface area contributed by atoms with Gasteiger partial charge in [0.05, 0.1) is 25.0 Å². The first-order chi connectivity index (χ1) is 10.2. The maximum atomic E-state index is 9.16. The summed E-state index contributed by atoms with van der Waals surface area (Å²) in [7, 11) is 0. The second kappa shape index (κ2) is 6.58. The predicted octanol–water partition coefficient (Wildman–Crippen LogP) is 2.19. The van der Waals surface area contributed by atoms with Crippen molar-refractivity contribution >= 4 is 11.6 Å². The van der Waals surface area contributed by atoms with Crippen LogP contribution in [-0.4, -0.2) is 47.4 Å². The topological polar surface area (TPSA) is 58.7 Å². The number of oxazole rings is 1. The Labute approximate surface area is 128 Å². The predicted molar refractivity (Wildman–Crippen MR) is 79.1 cm³/mol. The molecule has 1 aliphatic heterocycles. The quantitative estimate of drug-likeness (QED) is 0.938.